The molecular weight excluding hydrogens is 688 g/mol. The third-order valence-electron chi connectivity index (χ3n) is 6.84. The lowest BCUT2D eigenvalue weighted by Gasteiger charge is -2.39. The molecule has 4 aromatic carbocycles. The molecular formula is C31H16F12N4O2. The minimum atomic E-state index is -6.40. The minimum Gasteiger partial charge on any atom is -0.456 e. The molecule has 4 rings (SSSR count). The maximum Gasteiger partial charge on any atom is 0.420 e. The highest BCUT2D eigenvalue weighted by Crippen LogP contribution is 2.61. The Morgan fingerprint density at radius 1 is 0.449 bits per heavy atom. The van der Waals surface area contributed by atoms with Gasteiger partial charge in [-0.2, -0.15) is 63.2 Å². The largest absolute Gasteiger partial charge is 0.456 e. The Morgan fingerprint density at radius 3 is 1.08 bits per heavy atom. The average Bonchev–Trinajstić information content (AvgIpc) is 2.98. The van der Waals surface area contributed by atoms with Crippen LogP contribution in [0.4, 0.5) is 64.1 Å². The van der Waals surface area contributed by atoms with Gasteiger partial charge in [-0.3, -0.25) is 10.6 Å². The van der Waals surface area contributed by atoms with Gasteiger partial charge >= 0.3 is 24.7 Å². The molecule has 49 heavy (non-hydrogen) atoms. The molecule has 0 fully saturated rings. The molecule has 0 saturated heterocycles. The van der Waals surface area contributed by atoms with Crippen LogP contribution in [0.2, 0.25) is 0 Å². The molecule has 0 amide bonds. The molecule has 0 atom stereocenters. The first-order chi connectivity index (χ1) is 22.8. The normalized spacial score (nSPS) is 12.4. The SMILES string of the molecule is N#CNc1ccc(Oc2ccccc2C(c2ccccc2Oc2ccc(NC#N)cc2C(F)(F)F)(C(F)(F)F)C(F)(F)F)c(C(F)(F)F)c1. The van der Waals surface area contributed by atoms with Crippen LogP contribution in [-0.4, -0.2) is 12.4 Å². The molecule has 0 aromatic heterocycles. The van der Waals surface area contributed by atoms with Crippen molar-refractivity contribution in [2.45, 2.75) is 30.1 Å². The second-order valence-electron chi connectivity index (χ2n) is 9.83. The number of nitrogens with one attached hydrogen (secondary N) is 2. The summed E-state index contributed by atoms with van der Waals surface area (Å²) in [5.74, 6) is -5.21. The van der Waals surface area contributed by atoms with Crippen molar-refractivity contribution in [1.29, 1.82) is 10.5 Å². The van der Waals surface area contributed by atoms with E-state index in [1.807, 2.05) is 10.6 Å². The van der Waals surface area contributed by atoms with Crippen molar-refractivity contribution in [3.63, 3.8) is 0 Å². The van der Waals surface area contributed by atoms with E-state index >= 15 is 26.3 Å². The second-order valence-corrected chi connectivity index (χ2v) is 9.83. The zero-order chi connectivity index (χ0) is 36.4. The van der Waals surface area contributed by atoms with E-state index in [0.717, 1.165) is 24.3 Å². The van der Waals surface area contributed by atoms with Crippen LogP contribution in [0.25, 0.3) is 0 Å². The van der Waals surface area contributed by atoms with Crippen molar-refractivity contribution in [2.75, 3.05) is 10.6 Å². The van der Waals surface area contributed by atoms with E-state index in [2.05, 4.69) is 0 Å². The topological polar surface area (TPSA) is 90.1 Å². The molecule has 0 unspecified atom stereocenters. The predicted octanol–water partition coefficient (Wildman–Crippen LogP) is 10.5. The monoisotopic (exact) mass is 704 g/mol. The van der Waals surface area contributed by atoms with Gasteiger partial charge in [0.1, 0.15) is 34.1 Å². The van der Waals surface area contributed by atoms with Crippen molar-refractivity contribution >= 4 is 11.4 Å². The van der Waals surface area contributed by atoms with E-state index in [1.54, 1.807) is 0 Å². The number of anilines is 2. The molecule has 2 N–H and O–H groups in total. The lowest BCUT2D eigenvalue weighted by molar-refractivity contribution is -0.289. The lowest BCUT2D eigenvalue weighted by atomic mass is 9.72. The molecule has 0 bridgehead atoms. The Hall–Kier alpha value is -5.78. The molecule has 0 radical (unpaired) electrons. The molecule has 0 saturated carbocycles. The van der Waals surface area contributed by atoms with Crippen molar-refractivity contribution < 1.29 is 62.2 Å². The van der Waals surface area contributed by atoms with Gasteiger partial charge < -0.3 is 9.47 Å². The van der Waals surface area contributed by atoms with E-state index < -0.39 is 86.7 Å². The number of hydrogen-bond acceptors (Lipinski definition) is 6. The van der Waals surface area contributed by atoms with Crippen LogP contribution in [0.5, 0.6) is 23.0 Å². The molecule has 0 spiro atoms. The van der Waals surface area contributed by atoms with Gasteiger partial charge in [0.05, 0.1) is 0 Å². The molecule has 4 aromatic rings. The first-order valence-electron chi connectivity index (χ1n) is 13.2. The van der Waals surface area contributed by atoms with Crippen LogP contribution in [0.1, 0.15) is 22.3 Å². The van der Waals surface area contributed by atoms with Gasteiger partial charge in [0.2, 0.25) is 5.41 Å². The van der Waals surface area contributed by atoms with E-state index in [1.165, 1.54) is 12.4 Å². The number of alkyl halides is 12. The fourth-order valence-electron chi connectivity index (χ4n) is 4.85. The second kappa shape index (κ2) is 13.0. The van der Waals surface area contributed by atoms with Crippen LogP contribution >= 0.6 is 0 Å². The fraction of sp³-hybridized carbons (Fsp3) is 0.161. The number of ether oxygens (including phenoxy) is 2. The van der Waals surface area contributed by atoms with Gasteiger partial charge in [-0.05, 0) is 48.5 Å². The summed E-state index contributed by atoms with van der Waals surface area (Å²) in [5.41, 5.74) is -13.0. The average molecular weight is 704 g/mol. The first-order valence-corrected chi connectivity index (χ1v) is 13.2. The Kier molecular flexibility index (Phi) is 9.58. The molecule has 0 aliphatic rings. The lowest BCUT2D eigenvalue weighted by Crippen LogP contribution is -2.55. The van der Waals surface area contributed by atoms with Gasteiger partial charge in [-0.1, -0.05) is 36.4 Å². The fourth-order valence-corrected chi connectivity index (χ4v) is 4.85. The van der Waals surface area contributed by atoms with E-state index in [-0.39, 0.29) is 12.1 Å². The molecule has 0 aliphatic carbocycles. The van der Waals surface area contributed by atoms with Crippen molar-refractivity contribution in [3.8, 4) is 35.4 Å². The number of nitrogens with zero attached hydrogens (tertiary/aromatic N) is 2. The highest BCUT2D eigenvalue weighted by molar-refractivity contribution is 5.60. The molecule has 0 aliphatic heterocycles. The summed E-state index contributed by atoms with van der Waals surface area (Å²) in [5, 5.41) is 21.3. The number of benzene rings is 4. The van der Waals surface area contributed by atoms with E-state index in [4.69, 9.17) is 20.0 Å². The zero-order valence-electron chi connectivity index (χ0n) is 23.8. The Morgan fingerprint density at radius 2 is 0.776 bits per heavy atom. The summed E-state index contributed by atoms with van der Waals surface area (Å²) < 4.78 is 185. The van der Waals surface area contributed by atoms with Crippen molar-refractivity contribution in [1.82, 2.24) is 0 Å². The van der Waals surface area contributed by atoms with Gasteiger partial charge in [-0.15, -0.1) is 0 Å². The molecule has 6 nitrogen and oxygen atoms in total. The van der Waals surface area contributed by atoms with Crippen LogP contribution < -0.4 is 20.1 Å². The Bertz CT molecular complexity index is 1780. The Balaban J connectivity index is 2.01. The minimum absolute atomic E-state index is 0.287. The van der Waals surface area contributed by atoms with Crippen LogP contribution in [0, 0.1) is 22.9 Å². The summed E-state index contributed by atoms with van der Waals surface area (Å²) in [6, 6.07) is 8.30. The summed E-state index contributed by atoms with van der Waals surface area (Å²) in [6.07, 6.45) is -20.6. The zero-order valence-corrected chi connectivity index (χ0v) is 23.8. The van der Waals surface area contributed by atoms with Crippen molar-refractivity contribution in [2.24, 2.45) is 0 Å². The first kappa shape index (κ1) is 36.1. The maximum atomic E-state index is 15.2. The number of nitriles is 2. The van der Waals surface area contributed by atoms with Crippen LogP contribution in [0.15, 0.2) is 84.9 Å². The standard InChI is InChI=1S/C31H16F12N4O2/c32-28(33,34)21-13-17(46-15-44)9-11-25(21)48-23-7-3-1-5-19(23)27(30(38,39)40,31(41,42)43)20-6-2-4-8-24(20)49-26-12-10-18(47-16-45)14-22(26)29(35,36)37/h1-14,46-47H. The summed E-state index contributed by atoms with van der Waals surface area (Å²) in [6.45, 7) is 0. The highest BCUT2D eigenvalue weighted by atomic mass is 19.4. The number of rotatable bonds is 8. The third-order valence-corrected chi connectivity index (χ3v) is 6.84. The van der Waals surface area contributed by atoms with Crippen molar-refractivity contribution in [3.05, 3.63) is 107 Å². The van der Waals surface area contributed by atoms with E-state index in [0.29, 0.717) is 48.5 Å². The smallest absolute Gasteiger partial charge is 0.420 e. The number of halogens is 12. The molecule has 256 valence electrons. The van der Waals surface area contributed by atoms with Gasteiger partial charge in [0.25, 0.3) is 0 Å². The number of para-hydroxylation sites is 2. The van der Waals surface area contributed by atoms with Gasteiger partial charge in [0, 0.05) is 22.5 Å². The third kappa shape index (κ3) is 7.08. The molecule has 18 heteroatoms. The predicted molar refractivity (Wildman–Crippen MR) is 147 cm³/mol. The van der Waals surface area contributed by atoms with Gasteiger partial charge in [0.15, 0.2) is 12.4 Å². The Labute approximate surface area is 267 Å². The van der Waals surface area contributed by atoms with Gasteiger partial charge in [-0.25, -0.2) is 0 Å². The maximum absolute atomic E-state index is 15.2. The summed E-state index contributed by atoms with van der Waals surface area (Å²) >= 11 is 0. The van der Waals surface area contributed by atoms with Crippen LogP contribution in [0.3, 0.4) is 0 Å². The molecule has 0 heterocycles. The quantitative estimate of drug-likeness (QED) is 0.108. The summed E-state index contributed by atoms with van der Waals surface area (Å²) in [7, 11) is 0. The van der Waals surface area contributed by atoms with Crippen LogP contribution in [-0.2, 0) is 17.8 Å². The number of hydrogen-bond donors (Lipinski definition) is 2. The summed E-state index contributed by atoms with van der Waals surface area (Å²) in [4.78, 5) is 0. The van der Waals surface area contributed by atoms with E-state index in [9.17, 15) is 26.3 Å². The highest BCUT2D eigenvalue weighted by Gasteiger charge is 2.74.